The molecule has 0 saturated carbocycles. The number of urea groups is 1. The van der Waals surface area contributed by atoms with Crippen LogP contribution in [0.15, 0.2) is 0 Å². The van der Waals surface area contributed by atoms with Crippen LogP contribution in [-0.2, 0) is 14.7 Å². The monoisotopic (exact) mass is 276 g/mol. The minimum absolute atomic E-state index is 0. The summed E-state index contributed by atoms with van der Waals surface area (Å²) in [6.45, 7) is -0.487. The molecule has 92 valence electrons. The Labute approximate surface area is 120 Å². The van der Waals surface area contributed by atoms with Crippen LogP contribution in [0.5, 0.6) is 0 Å². The maximum Gasteiger partial charge on any atom is 1.00 e. The number of hydrogen-bond acceptors (Lipinski definition) is 5. The summed E-state index contributed by atoms with van der Waals surface area (Å²) in [5, 5.41) is 0.540. The molecule has 2 atom stereocenters. The van der Waals surface area contributed by atoms with Gasteiger partial charge >= 0.3 is 35.6 Å². The van der Waals surface area contributed by atoms with E-state index in [-0.39, 0.29) is 36.1 Å². The Morgan fingerprint density at radius 2 is 2.12 bits per heavy atom. The topological polar surface area (TPSA) is 90.0 Å². The Morgan fingerprint density at radius 1 is 1.47 bits per heavy atom. The number of hydrogen-bond donors (Lipinski definition) is 0. The third-order valence-corrected chi connectivity index (χ3v) is 3.14. The summed E-state index contributed by atoms with van der Waals surface area (Å²) in [7, 11) is -4.97. The number of carbonyl (C=O) groups excluding carboxylic acids is 1. The third kappa shape index (κ3) is 3.09. The maximum atomic E-state index is 12.5. The molecule has 17 heavy (non-hydrogen) atoms. The predicted octanol–water partition coefficient (Wildman–Crippen LogP) is -3.38. The van der Waals surface area contributed by atoms with Gasteiger partial charge in [-0.25, -0.2) is 17.6 Å². The molecule has 0 N–H and O–H groups in total. The molecule has 2 rings (SSSR count). The quantitative estimate of drug-likeness (QED) is 0.305. The Morgan fingerprint density at radius 3 is 2.65 bits per heavy atom. The molecule has 0 aromatic rings. The molecule has 2 saturated heterocycles. The van der Waals surface area contributed by atoms with Gasteiger partial charge in [-0.3, -0.25) is 0 Å². The van der Waals surface area contributed by atoms with Crippen molar-refractivity contribution >= 4 is 16.4 Å². The molecule has 10 heteroatoms. The van der Waals surface area contributed by atoms with E-state index in [9.17, 15) is 22.2 Å². The number of hydroxylamine groups is 2. The summed E-state index contributed by atoms with van der Waals surface area (Å²) >= 11 is 0. The van der Waals surface area contributed by atoms with Gasteiger partial charge in [-0.1, -0.05) is 0 Å². The second-order valence-electron chi connectivity index (χ2n) is 3.78. The van der Waals surface area contributed by atoms with Crippen molar-refractivity contribution in [3.05, 3.63) is 0 Å². The van der Waals surface area contributed by atoms with Crippen LogP contribution >= 0.6 is 0 Å². The van der Waals surface area contributed by atoms with Crippen LogP contribution in [0, 0.1) is 0 Å². The van der Waals surface area contributed by atoms with Crippen molar-refractivity contribution in [2.24, 2.45) is 0 Å². The van der Waals surface area contributed by atoms with Crippen molar-refractivity contribution in [3.8, 4) is 0 Å². The predicted molar refractivity (Wildman–Crippen MR) is 47.5 cm³/mol. The Hall–Kier alpha value is 0.0700. The first-order valence-electron chi connectivity index (χ1n) is 4.73. The average molecular weight is 276 g/mol. The molecule has 0 aromatic carbocycles. The van der Waals surface area contributed by atoms with Crippen molar-refractivity contribution in [1.29, 1.82) is 0 Å². The summed E-state index contributed by atoms with van der Waals surface area (Å²) in [6, 6.07) is -1.80. The first kappa shape index (κ1) is 15.1. The number of alkyl halides is 1. The van der Waals surface area contributed by atoms with E-state index >= 15 is 0 Å². The fourth-order valence-electron chi connectivity index (χ4n) is 2.07. The first-order chi connectivity index (χ1) is 7.42. The Kier molecular flexibility index (Phi) is 4.78. The molecule has 0 aliphatic carbocycles. The smallest absolute Gasteiger partial charge is 0.724 e. The van der Waals surface area contributed by atoms with Gasteiger partial charge in [0.25, 0.3) is 0 Å². The SMILES string of the molecule is O=C1N2C[C@@H](CC[C@H]2CF)N1OS(=O)(=O)[O-].[Na+]. The van der Waals surface area contributed by atoms with E-state index < -0.39 is 35.2 Å². The fraction of sp³-hybridized carbons (Fsp3) is 0.857. The van der Waals surface area contributed by atoms with Gasteiger partial charge in [-0.15, -0.1) is 0 Å². The molecular weight excluding hydrogens is 266 g/mol. The maximum absolute atomic E-state index is 12.5. The minimum Gasteiger partial charge on any atom is -0.724 e. The number of fused-ring (bicyclic) bond motifs is 2. The molecule has 2 heterocycles. The van der Waals surface area contributed by atoms with Gasteiger partial charge in [0.15, 0.2) is 0 Å². The number of rotatable bonds is 3. The Bertz CT molecular complexity index is 405. The van der Waals surface area contributed by atoms with Gasteiger partial charge < -0.3 is 9.45 Å². The molecule has 2 amide bonds. The van der Waals surface area contributed by atoms with Crippen LogP contribution in [0.25, 0.3) is 0 Å². The summed E-state index contributed by atoms with van der Waals surface area (Å²) in [4.78, 5) is 12.8. The van der Waals surface area contributed by atoms with Gasteiger partial charge in [0.2, 0.25) is 10.4 Å². The molecule has 0 radical (unpaired) electrons. The molecule has 0 aromatic heterocycles. The van der Waals surface area contributed by atoms with Crippen molar-refractivity contribution in [1.82, 2.24) is 9.96 Å². The van der Waals surface area contributed by atoms with E-state index in [0.717, 1.165) is 0 Å². The van der Waals surface area contributed by atoms with E-state index in [2.05, 4.69) is 4.28 Å². The van der Waals surface area contributed by atoms with Crippen LogP contribution in [-0.4, -0.2) is 54.3 Å². The molecular formula is C7H10FN2NaO5S. The third-order valence-electron chi connectivity index (χ3n) is 2.80. The zero-order chi connectivity index (χ0) is 11.9. The number of piperidine rings is 1. The summed E-state index contributed by atoms with van der Waals surface area (Å²) in [5.74, 6) is 0. The van der Waals surface area contributed by atoms with Crippen molar-refractivity contribution in [3.63, 3.8) is 0 Å². The van der Waals surface area contributed by atoms with Gasteiger partial charge in [-0.05, 0) is 12.8 Å². The van der Waals surface area contributed by atoms with Crippen molar-refractivity contribution in [2.75, 3.05) is 13.2 Å². The van der Waals surface area contributed by atoms with Crippen molar-refractivity contribution in [2.45, 2.75) is 24.9 Å². The Balaban J connectivity index is 0.00000144. The molecule has 0 unspecified atom stereocenters. The van der Waals surface area contributed by atoms with E-state index in [1.807, 2.05) is 0 Å². The fourth-order valence-corrected chi connectivity index (χ4v) is 2.45. The number of halogens is 1. The summed E-state index contributed by atoms with van der Waals surface area (Å²) in [5.41, 5.74) is 0. The van der Waals surface area contributed by atoms with Gasteiger partial charge in [0, 0.05) is 6.54 Å². The second kappa shape index (κ2) is 5.37. The van der Waals surface area contributed by atoms with Crippen LogP contribution in [0.4, 0.5) is 9.18 Å². The van der Waals surface area contributed by atoms with Crippen LogP contribution < -0.4 is 29.6 Å². The zero-order valence-corrected chi connectivity index (χ0v) is 12.0. The van der Waals surface area contributed by atoms with Gasteiger partial charge in [0.1, 0.15) is 6.67 Å². The summed E-state index contributed by atoms with van der Waals surface area (Å²) < 4.78 is 47.8. The first-order valence-corrected chi connectivity index (χ1v) is 6.07. The number of carbonyl (C=O) groups is 1. The van der Waals surface area contributed by atoms with E-state index in [4.69, 9.17) is 0 Å². The standard InChI is InChI=1S/C7H11FN2O5S.Na/c8-3-5-1-2-6-4-9(5)7(11)10(6)15-16(12,13)14;/h5-6H,1-4H2,(H,12,13,14);/q;+1/p-1/t5-,6+;/m0./s1. The average Bonchev–Trinajstić information content (AvgIpc) is 2.43. The molecule has 2 fully saturated rings. The molecule has 2 aliphatic heterocycles. The van der Waals surface area contributed by atoms with E-state index in [1.165, 1.54) is 4.90 Å². The van der Waals surface area contributed by atoms with Crippen LogP contribution in [0.3, 0.4) is 0 Å². The molecule has 7 nitrogen and oxygen atoms in total. The van der Waals surface area contributed by atoms with E-state index in [0.29, 0.717) is 17.9 Å². The van der Waals surface area contributed by atoms with Crippen molar-refractivity contribution < 1.29 is 56.0 Å². The normalized spacial score (nSPS) is 28.2. The molecule has 2 aliphatic rings. The molecule has 2 bridgehead atoms. The minimum atomic E-state index is -4.97. The van der Waals surface area contributed by atoms with Gasteiger partial charge in [-0.2, -0.15) is 9.35 Å². The van der Waals surface area contributed by atoms with Crippen LogP contribution in [0.1, 0.15) is 12.8 Å². The second-order valence-corrected chi connectivity index (χ2v) is 4.75. The number of nitrogens with zero attached hydrogens (tertiary/aromatic N) is 2. The summed E-state index contributed by atoms with van der Waals surface area (Å²) in [6.07, 6.45) is 0.859. The van der Waals surface area contributed by atoms with Crippen LogP contribution in [0.2, 0.25) is 0 Å². The van der Waals surface area contributed by atoms with Gasteiger partial charge in [0.05, 0.1) is 12.1 Å². The van der Waals surface area contributed by atoms with E-state index in [1.54, 1.807) is 0 Å². The number of amides is 2. The largest absolute Gasteiger partial charge is 1.00 e. The zero-order valence-electron chi connectivity index (χ0n) is 9.21. The molecule has 0 spiro atoms.